The first-order valence-electron chi connectivity index (χ1n) is 9.48. The lowest BCUT2D eigenvalue weighted by Gasteiger charge is -2.16. The molecule has 0 saturated heterocycles. The van der Waals surface area contributed by atoms with Gasteiger partial charge in [0.1, 0.15) is 17.1 Å². The Kier molecular flexibility index (Phi) is 4.88. The molecule has 0 unspecified atom stereocenters. The molecule has 0 heterocycles. The molecule has 5 nitrogen and oxygen atoms in total. The normalized spacial score (nSPS) is 11.0. The van der Waals surface area contributed by atoms with Crippen LogP contribution in [0, 0.1) is 0 Å². The number of aromatic hydroxyl groups is 2. The third-order valence-electron chi connectivity index (χ3n) is 5.39. The van der Waals surface area contributed by atoms with Crippen molar-refractivity contribution in [2.75, 3.05) is 7.11 Å². The van der Waals surface area contributed by atoms with Gasteiger partial charge in [-0.1, -0.05) is 48.5 Å². The number of esters is 1. The summed E-state index contributed by atoms with van der Waals surface area (Å²) >= 11 is 0. The number of rotatable bonds is 4. The van der Waals surface area contributed by atoms with Crippen LogP contribution in [0.4, 0.5) is 0 Å². The molecule has 0 spiro atoms. The molecule has 150 valence electrons. The maximum Gasteiger partial charge on any atom is 0.341 e. The van der Waals surface area contributed by atoms with Gasteiger partial charge in [0.2, 0.25) is 0 Å². The summed E-state index contributed by atoms with van der Waals surface area (Å²) in [7, 11) is 1.26. The molecule has 4 aromatic carbocycles. The molecule has 0 aliphatic carbocycles. The number of ether oxygens (including phenoxy) is 1. The lowest BCUT2D eigenvalue weighted by Crippen LogP contribution is -2.05. The second-order valence-corrected chi connectivity index (χ2v) is 7.17. The van der Waals surface area contributed by atoms with E-state index in [0.717, 1.165) is 21.5 Å². The maximum absolute atomic E-state index is 12.2. The van der Waals surface area contributed by atoms with Gasteiger partial charge in [-0.3, -0.25) is 4.79 Å². The van der Waals surface area contributed by atoms with Gasteiger partial charge in [0, 0.05) is 17.5 Å². The van der Waals surface area contributed by atoms with Crippen molar-refractivity contribution in [3.05, 3.63) is 82.9 Å². The summed E-state index contributed by atoms with van der Waals surface area (Å²) in [4.78, 5) is 24.3. The molecular formula is C25H20O5. The summed E-state index contributed by atoms with van der Waals surface area (Å²) in [6.07, 6.45) is 0.130. The topological polar surface area (TPSA) is 83.8 Å². The van der Waals surface area contributed by atoms with Crippen LogP contribution in [0.25, 0.3) is 21.5 Å². The summed E-state index contributed by atoms with van der Waals surface area (Å²) < 4.78 is 4.82. The fourth-order valence-electron chi connectivity index (χ4n) is 3.89. The molecule has 0 bridgehead atoms. The fourth-order valence-corrected chi connectivity index (χ4v) is 3.89. The van der Waals surface area contributed by atoms with E-state index in [0.29, 0.717) is 11.1 Å². The molecule has 5 heteroatoms. The molecule has 2 N–H and O–H groups in total. The highest BCUT2D eigenvalue weighted by molar-refractivity contribution is 6.04. The number of ketones is 1. The van der Waals surface area contributed by atoms with E-state index >= 15 is 0 Å². The Morgan fingerprint density at radius 1 is 0.800 bits per heavy atom. The minimum atomic E-state index is -0.647. The van der Waals surface area contributed by atoms with Crippen LogP contribution in [0.2, 0.25) is 0 Å². The third kappa shape index (κ3) is 3.14. The molecular weight excluding hydrogens is 380 g/mol. The number of hydrogen-bond acceptors (Lipinski definition) is 5. The Bertz CT molecular complexity index is 1320. The van der Waals surface area contributed by atoms with Crippen LogP contribution in [0.1, 0.15) is 38.8 Å². The van der Waals surface area contributed by atoms with Crippen molar-refractivity contribution in [3.63, 3.8) is 0 Å². The van der Waals surface area contributed by atoms with Crippen molar-refractivity contribution in [2.24, 2.45) is 0 Å². The summed E-state index contributed by atoms with van der Waals surface area (Å²) in [5.74, 6) is -1.21. The van der Waals surface area contributed by atoms with Crippen LogP contribution >= 0.6 is 0 Å². The average Bonchev–Trinajstić information content (AvgIpc) is 2.75. The number of carbonyl (C=O) groups is 2. The van der Waals surface area contributed by atoms with E-state index in [1.165, 1.54) is 14.0 Å². The molecule has 0 atom stereocenters. The first-order valence-corrected chi connectivity index (χ1v) is 9.48. The van der Waals surface area contributed by atoms with E-state index < -0.39 is 5.97 Å². The Morgan fingerprint density at radius 2 is 1.27 bits per heavy atom. The van der Waals surface area contributed by atoms with Crippen molar-refractivity contribution in [2.45, 2.75) is 13.3 Å². The lowest BCUT2D eigenvalue weighted by atomic mass is 9.90. The molecule has 0 aliphatic rings. The standard InChI is InChI=1S/C25H20O5/c1-14(26)19-11-15-7-3-5-9-17(15)20(23(19)27)13-21-18-10-6-4-8-16(18)12-22(24(21)28)25(29)30-2/h3-12,27-28H,13H2,1-2H3. The first kappa shape index (κ1) is 19.5. The first-order chi connectivity index (χ1) is 14.4. The van der Waals surface area contributed by atoms with Crippen LogP contribution in [0.5, 0.6) is 11.5 Å². The molecule has 30 heavy (non-hydrogen) atoms. The van der Waals surface area contributed by atoms with Gasteiger partial charge < -0.3 is 14.9 Å². The summed E-state index contributed by atoms with van der Waals surface area (Å²) in [6.45, 7) is 1.40. The molecule has 0 radical (unpaired) electrons. The Balaban J connectivity index is 2.03. The SMILES string of the molecule is COC(=O)c1cc2ccccc2c(Cc2c(O)c(C(C)=O)cc3ccccc23)c1O. The number of phenols is 2. The van der Waals surface area contributed by atoms with Crippen LogP contribution in [0.3, 0.4) is 0 Å². The third-order valence-corrected chi connectivity index (χ3v) is 5.39. The quantitative estimate of drug-likeness (QED) is 0.373. The fraction of sp³-hybridized carbons (Fsp3) is 0.120. The van der Waals surface area contributed by atoms with E-state index in [4.69, 9.17) is 4.74 Å². The van der Waals surface area contributed by atoms with Crippen LogP contribution in [0.15, 0.2) is 60.7 Å². The number of benzene rings is 4. The molecule has 0 amide bonds. The molecule has 4 rings (SSSR count). The smallest absolute Gasteiger partial charge is 0.341 e. The van der Waals surface area contributed by atoms with E-state index in [2.05, 4.69) is 0 Å². The van der Waals surface area contributed by atoms with Gasteiger partial charge in [0.15, 0.2) is 5.78 Å². The van der Waals surface area contributed by atoms with Gasteiger partial charge >= 0.3 is 5.97 Å². The predicted molar refractivity (Wildman–Crippen MR) is 115 cm³/mol. The van der Waals surface area contributed by atoms with Crippen LogP contribution in [-0.2, 0) is 11.2 Å². The van der Waals surface area contributed by atoms with E-state index in [1.54, 1.807) is 12.1 Å². The predicted octanol–water partition coefficient (Wildman–Crippen LogP) is 4.98. The lowest BCUT2D eigenvalue weighted by molar-refractivity contribution is 0.0597. The second-order valence-electron chi connectivity index (χ2n) is 7.17. The number of phenolic OH excluding ortho intramolecular Hbond substituents is 2. The van der Waals surface area contributed by atoms with Gasteiger partial charge in [-0.25, -0.2) is 4.79 Å². The maximum atomic E-state index is 12.2. The minimum absolute atomic E-state index is 0.0534. The largest absolute Gasteiger partial charge is 0.507 e. The van der Waals surface area contributed by atoms with Crippen LogP contribution in [-0.4, -0.2) is 29.1 Å². The van der Waals surface area contributed by atoms with Crippen molar-refractivity contribution in [1.82, 2.24) is 0 Å². The second kappa shape index (κ2) is 7.52. The highest BCUT2D eigenvalue weighted by Gasteiger charge is 2.22. The van der Waals surface area contributed by atoms with E-state index in [1.807, 2.05) is 48.5 Å². The van der Waals surface area contributed by atoms with E-state index in [-0.39, 0.29) is 34.8 Å². The Labute approximate surface area is 173 Å². The summed E-state index contributed by atoms with van der Waals surface area (Å²) in [5, 5.41) is 24.9. The molecule has 4 aromatic rings. The van der Waals surface area contributed by atoms with Gasteiger partial charge in [0.25, 0.3) is 0 Å². The minimum Gasteiger partial charge on any atom is -0.507 e. The summed E-state index contributed by atoms with van der Waals surface area (Å²) in [6, 6.07) is 18.1. The molecule has 0 aliphatic heterocycles. The number of methoxy groups -OCH3 is 1. The van der Waals surface area contributed by atoms with Gasteiger partial charge in [-0.15, -0.1) is 0 Å². The Morgan fingerprint density at radius 3 is 1.77 bits per heavy atom. The van der Waals surface area contributed by atoms with Gasteiger partial charge in [0.05, 0.1) is 12.7 Å². The Hall–Kier alpha value is -3.86. The van der Waals surface area contributed by atoms with E-state index in [9.17, 15) is 19.8 Å². The number of carbonyl (C=O) groups excluding carboxylic acids is 2. The summed E-state index contributed by atoms with van der Waals surface area (Å²) in [5.41, 5.74) is 1.27. The zero-order valence-corrected chi connectivity index (χ0v) is 16.6. The van der Waals surface area contributed by atoms with Crippen LogP contribution < -0.4 is 0 Å². The van der Waals surface area contributed by atoms with Crippen molar-refractivity contribution < 1.29 is 24.5 Å². The molecule has 0 saturated carbocycles. The highest BCUT2D eigenvalue weighted by atomic mass is 16.5. The number of hydrogen-bond donors (Lipinski definition) is 2. The van der Waals surface area contributed by atoms with Crippen molar-refractivity contribution >= 4 is 33.3 Å². The monoisotopic (exact) mass is 400 g/mol. The number of Topliss-reactive ketones (excluding diaryl/α,β-unsaturated/α-hetero) is 1. The zero-order chi connectivity index (χ0) is 21.4. The van der Waals surface area contributed by atoms with Crippen molar-refractivity contribution in [3.8, 4) is 11.5 Å². The van der Waals surface area contributed by atoms with Gasteiger partial charge in [-0.2, -0.15) is 0 Å². The molecule has 0 aromatic heterocycles. The average molecular weight is 400 g/mol. The molecule has 0 fully saturated rings. The zero-order valence-electron chi connectivity index (χ0n) is 16.6. The highest BCUT2D eigenvalue weighted by Crippen LogP contribution is 2.39. The van der Waals surface area contributed by atoms with Crippen molar-refractivity contribution in [1.29, 1.82) is 0 Å². The van der Waals surface area contributed by atoms with Gasteiger partial charge in [-0.05, 0) is 40.6 Å². The number of fused-ring (bicyclic) bond motifs is 2.